The number of aromatic nitrogens is 2. The molecule has 176 valence electrons. The van der Waals surface area contributed by atoms with E-state index in [9.17, 15) is 13.2 Å². The number of benzene rings is 1. The van der Waals surface area contributed by atoms with Crippen LogP contribution in [0.2, 0.25) is 0 Å². The zero-order valence-corrected chi connectivity index (χ0v) is 20.6. The molecule has 1 N–H and O–H groups in total. The van der Waals surface area contributed by atoms with Gasteiger partial charge in [-0.15, -0.1) is 0 Å². The van der Waals surface area contributed by atoms with Gasteiger partial charge in [0, 0.05) is 24.1 Å². The van der Waals surface area contributed by atoms with Crippen molar-refractivity contribution in [1.29, 1.82) is 0 Å². The van der Waals surface area contributed by atoms with Gasteiger partial charge < -0.3 is 9.84 Å². The quantitative estimate of drug-likeness (QED) is 0.696. The van der Waals surface area contributed by atoms with E-state index >= 15 is 0 Å². The Balaban J connectivity index is 1.79. The van der Waals surface area contributed by atoms with E-state index in [1.54, 1.807) is 33.0 Å². The number of hydrogen-bond acceptors (Lipinski definition) is 6. The largest absolute Gasteiger partial charge is 0.340 e. The van der Waals surface area contributed by atoms with Gasteiger partial charge in [0.2, 0.25) is 15.9 Å². The fourth-order valence-electron chi connectivity index (χ4n) is 3.80. The molecular formula is C23H34N4O4S. The maximum absolute atomic E-state index is 13.2. The summed E-state index contributed by atoms with van der Waals surface area (Å²) in [6, 6.07) is 6.15. The molecule has 3 rings (SSSR count). The average Bonchev–Trinajstić information content (AvgIpc) is 3.25. The Morgan fingerprint density at radius 2 is 1.78 bits per heavy atom. The standard InChI is InChI=1S/C23H34N4O4S/c1-22(2,3)21-24-20(26-31-21)23(4,5)25-19(28)16-11-10-14-18(15-16)32(29,30)27(6)17-12-8-7-9-13-17/h10-11,14-15,17H,7-9,12-13H2,1-6H3,(H,25,28). The summed E-state index contributed by atoms with van der Waals surface area (Å²) in [6.07, 6.45) is 4.95. The molecule has 0 unspecified atom stereocenters. The van der Waals surface area contributed by atoms with Gasteiger partial charge in [0.1, 0.15) is 0 Å². The summed E-state index contributed by atoms with van der Waals surface area (Å²) >= 11 is 0. The molecule has 32 heavy (non-hydrogen) atoms. The number of amides is 1. The van der Waals surface area contributed by atoms with Crippen molar-refractivity contribution in [3.8, 4) is 0 Å². The Morgan fingerprint density at radius 3 is 2.38 bits per heavy atom. The van der Waals surface area contributed by atoms with Crippen LogP contribution in [0.5, 0.6) is 0 Å². The summed E-state index contributed by atoms with van der Waals surface area (Å²) in [5.41, 5.74) is -0.952. The Bertz CT molecular complexity index is 1060. The smallest absolute Gasteiger partial charge is 0.252 e. The van der Waals surface area contributed by atoms with Crippen molar-refractivity contribution in [1.82, 2.24) is 19.8 Å². The van der Waals surface area contributed by atoms with Crippen LogP contribution in [-0.4, -0.2) is 41.9 Å². The van der Waals surface area contributed by atoms with Gasteiger partial charge in [-0.3, -0.25) is 4.79 Å². The first-order chi connectivity index (χ1) is 14.8. The minimum Gasteiger partial charge on any atom is -0.340 e. The van der Waals surface area contributed by atoms with Gasteiger partial charge in [-0.05, 0) is 44.9 Å². The van der Waals surface area contributed by atoms with Gasteiger partial charge >= 0.3 is 0 Å². The number of carbonyl (C=O) groups excluding carboxylic acids is 1. The van der Waals surface area contributed by atoms with E-state index in [1.807, 2.05) is 20.8 Å². The molecule has 1 aliphatic rings. The van der Waals surface area contributed by atoms with E-state index in [1.165, 1.54) is 16.4 Å². The predicted molar refractivity (Wildman–Crippen MR) is 122 cm³/mol. The molecule has 2 aromatic rings. The van der Waals surface area contributed by atoms with Gasteiger partial charge in [0.05, 0.1) is 10.4 Å². The Morgan fingerprint density at radius 1 is 1.12 bits per heavy atom. The molecule has 0 radical (unpaired) electrons. The van der Waals surface area contributed by atoms with E-state index in [0.717, 1.165) is 32.1 Å². The second-order valence-corrected chi connectivity index (χ2v) is 12.1. The topological polar surface area (TPSA) is 105 Å². The third kappa shape index (κ3) is 5.20. The van der Waals surface area contributed by atoms with Gasteiger partial charge in [-0.2, -0.15) is 9.29 Å². The molecule has 0 bridgehead atoms. The Hall–Kier alpha value is -2.26. The first-order valence-corrected chi connectivity index (χ1v) is 12.5. The van der Waals surface area contributed by atoms with Crippen molar-refractivity contribution >= 4 is 15.9 Å². The molecule has 0 aliphatic heterocycles. The molecule has 1 aromatic carbocycles. The number of nitrogens with zero attached hydrogens (tertiary/aromatic N) is 3. The van der Waals surface area contributed by atoms with Crippen molar-refractivity contribution < 1.29 is 17.7 Å². The zero-order chi connectivity index (χ0) is 23.7. The molecule has 1 heterocycles. The SMILES string of the molecule is CN(C1CCCCC1)S(=O)(=O)c1cccc(C(=O)NC(C)(C)c2noc(C(C)(C)C)n2)c1. The van der Waals surface area contributed by atoms with E-state index in [2.05, 4.69) is 15.5 Å². The second kappa shape index (κ2) is 8.94. The van der Waals surface area contributed by atoms with Crippen molar-refractivity contribution in [2.45, 2.75) is 88.6 Å². The molecule has 9 heteroatoms. The van der Waals surface area contributed by atoms with Crippen LogP contribution in [0.25, 0.3) is 0 Å². The first-order valence-electron chi connectivity index (χ1n) is 11.1. The number of sulfonamides is 1. The van der Waals surface area contributed by atoms with Crippen LogP contribution in [0.15, 0.2) is 33.7 Å². The fraction of sp³-hybridized carbons (Fsp3) is 0.609. The molecule has 1 aromatic heterocycles. The summed E-state index contributed by atoms with van der Waals surface area (Å²) in [6.45, 7) is 9.45. The molecule has 0 spiro atoms. The van der Waals surface area contributed by atoms with Crippen molar-refractivity contribution in [3.63, 3.8) is 0 Å². The lowest BCUT2D eigenvalue weighted by atomic mass is 9.96. The second-order valence-electron chi connectivity index (χ2n) is 10.1. The Kier molecular flexibility index (Phi) is 6.81. The van der Waals surface area contributed by atoms with E-state index in [4.69, 9.17) is 4.52 Å². The lowest BCUT2D eigenvalue weighted by molar-refractivity contribution is 0.0907. The highest BCUT2D eigenvalue weighted by Gasteiger charge is 2.33. The summed E-state index contributed by atoms with van der Waals surface area (Å²) in [7, 11) is -2.06. The van der Waals surface area contributed by atoms with Gasteiger partial charge in [0.25, 0.3) is 5.91 Å². The summed E-state index contributed by atoms with van der Waals surface area (Å²) < 4.78 is 33.2. The van der Waals surface area contributed by atoms with Crippen LogP contribution in [0.1, 0.15) is 88.8 Å². The molecule has 1 fully saturated rings. The maximum Gasteiger partial charge on any atom is 0.252 e. The Labute approximate surface area is 190 Å². The first kappa shape index (κ1) is 24.4. The van der Waals surface area contributed by atoms with Crippen LogP contribution >= 0.6 is 0 Å². The highest BCUT2D eigenvalue weighted by molar-refractivity contribution is 7.89. The molecular weight excluding hydrogens is 428 g/mol. The summed E-state index contributed by atoms with van der Waals surface area (Å²) in [5, 5.41) is 6.92. The van der Waals surface area contributed by atoms with Crippen molar-refractivity contribution in [3.05, 3.63) is 41.5 Å². The number of nitrogens with one attached hydrogen (secondary N) is 1. The van der Waals surface area contributed by atoms with Gasteiger partial charge in [-0.25, -0.2) is 8.42 Å². The van der Waals surface area contributed by atoms with Crippen molar-refractivity contribution in [2.75, 3.05) is 7.05 Å². The number of hydrogen-bond donors (Lipinski definition) is 1. The minimum atomic E-state index is -3.69. The highest BCUT2D eigenvalue weighted by atomic mass is 32.2. The molecule has 8 nitrogen and oxygen atoms in total. The molecule has 0 atom stereocenters. The van der Waals surface area contributed by atoms with Gasteiger partial charge in [0.15, 0.2) is 5.82 Å². The van der Waals surface area contributed by atoms with E-state index in [0.29, 0.717) is 11.7 Å². The lowest BCUT2D eigenvalue weighted by Crippen LogP contribution is -2.42. The molecule has 0 saturated heterocycles. The molecule has 1 amide bonds. The normalized spacial score (nSPS) is 16.3. The summed E-state index contributed by atoms with van der Waals surface area (Å²) in [4.78, 5) is 17.5. The third-order valence-corrected chi connectivity index (χ3v) is 7.82. The summed E-state index contributed by atoms with van der Waals surface area (Å²) in [5.74, 6) is 0.430. The maximum atomic E-state index is 13.2. The monoisotopic (exact) mass is 462 g/mol. The minimum absolute atomic E-state index is 0.000387. The number of carbonyl (C=O) groups is 1. The van der Waals surface area contributed by atoms with Crippen LogP contribution in [0.3, 0.4) is 0 Å². The van der Waals surface area contributed by atoms with E-state index < -0.39 is 21.5 Å². The molecule has 1 aliphatic carbocycles. The van der Waals surface area contributed by atoms with Crippen LogP contribution in [0, 0.1) is 0 Å². The average molecular weight is 463 g/mol. The molecule has 1 saturated carbocycles. The number of rotatable bonds is 6. The lowest BCUT2D eigenvalue weighted by Gasteiger charge is -2.30. The predicted octanol–water partition coefficient (Wildman–Crippen LogP) is 3.99. The van der Waals surface area contributed by atoms with E-state index in [-0.39, 0.29) is 21.9 Å². The van der Waals surface area contributed by atoms with Gasteiger partial charge in [-0.1, -0.05) is 51.3 Å². The highest BCUT2D eigenvalue weighted by Crippen LogP contribution is 2.27. The fourth-order valence-corrected chi connectivity index (χ4v) is 5.26. The zero-order valence-electron chi connectivity index (χ0n) is 19.8. The van der Waals surface area contributed by atoms with Crippen LogP contribution in [-0.2, 0) is 21.0 Å². The van der Waals surface area contributed by atoms with Crippen LogP contribution < -0.4 is 5.32 Å². The third-order valence-electron chi connectivity index (χ3n) is 5.91. The van der Waals surface area contributed by atoms with Crippen LogP contribution in [0.4, 0.5) is 0 Å². The van der Waals surface area contributed by atoms with Crippen molar-refractivity contribution in [2.24, 2.45) is 0 Å².